The van der Waals surface area contributed by atoms with E-state index >= 15 is 0 Å². The van der Waals surface area contributed by atoms with Crippen molar-refractivity contribution in [2.24, 2.45) is 11.8 Å². The van der Waals surface area contributed by atoms with Gasteiger partial charge in [0.15, 0.2) is 0 Å². The molecule has 1 aromatic rings. The van der Waals surface area contributed by atoms with Gasteiger partial charge in [0.25, 0.3) is 0 Å². The first-order chi connectivity index (χ1) is 8.19. The van der Waals surface area contributed by atoms with Crippen LogP contribution in [0.3, 0.4) is 0 Å². The molecule has 5 heteroatoms. The van der Waals surface area contributed by atoms with Gasteiger partial charge in [0.05, 0.1) is 6.10 Å². The minimum atomic E-state index is -0.145. The van der Waals surface area contributed by atoms with Gasteiger partial charge in [0.2, 0.25) is 0 Å². The van der Waals surface area contributed by atoms with Crippen LogP contribution in [-0.4, -0.2) is 34.2 Å². The van der Waals surface area contributed by atoms with E-state index in [-0.39, 0.29) is 6.10 Å². The van der Waals surface area contributed by atoms with Crippen LogP contribution < -0.4 is 11.3 Å². The average Bonchev–Trinajstić information content (AvgIpc) is 2.35. The number of nitrogen functional groups attached to an aromatic ring is 1. The summed E-state index contributed by atoms with van der Waals surface area (Å²) in [5, 5.41) is 9.67. The number of pyridine rings is 1. The van der Waals surface area contributed by atoms with Crippen LogP contribution in [0.15, 0.2) is 18.3 Å². The Morgan fingerprint density at radius 3 is 3.00 bits per heavy atom. The Balaban J connectivity index is 1.92. The molecule has 2 rings (SSSR count). The largest absolute Gasteiger partial charge is 0.393 e. The number of likely N-dealkylation sites (tertiary alicyclic amines) is 1. The summed E-state index contributed by atoms with van der Waals surface area (Å²) in [5.74, 6) is 6.29. The van der Waals surface area contributed by atoms with E-state index in [2.05, 4.69) is 22.2 Å². The first-order valence-corrected chi connectivity index (χ1v) is 6.01. The van der Waals surface area contributed by atoms with Gasteiger partial charge < -0.3 is 10.5 Å². The van der Waals surface area contributed by atoms with Crippen LogP contribution in [0.5, 0.6) is 0 Å². The van der Waals surface area contributed by atoms with Gasteiger partial charge in [-0.25, -0.2) is 10.8 Å². The van der Waals surface area contributed by atoms with Crippen molar-refractivity contribution in [2.75, 3.05) is 18.5 Å². The third-order valence-corrected chi connectivity index (χ3v) is 3.32. The smallest absolute Gasteiger partial charge is 0.139 e. The molecule has 0 bridgehead atoms. The highest BCUT2D eigenvalue weighted by atomic mass is 16.3. The highest BCUT2D eigenvalue weighted by molar-refractivity contribution is 5.33. The molecule has 0 amide bonds. The van der Waals surface area contributed by atoms with Gasteiger partial charge in [-0.2, -0.15) is 0 Å². The van der Waals surface area contributed by atoms with Crippen LogP contribution in [0.25, 0.3) is 0 Å². The summed E-state index contributed by atoms with van der Waals surface area (Å²) in [6.07, 6.45) is 2.55. The zero-order valence-electron chi connectivity index (χ0n) is 10.1. The Bertz CT molecular complexity index is 354. The fourth-order valence-electron chi connectivity index (χ4n) is 2.22. The lowest BCUT2D eigenvalue weighted by Gasteiger charge is -2.34. The van der Waals surface area contributed by atoms with Crippen LogP contribution in [0.4, 0.5) is 5.82 Å². The lowest BCUT2D eigenvalue weighted by atomic mass is 9.96. The number of aliphatic hydroxyl groups is 1. The molecule has 5 nitrogen and oxygen atoms in total. The summed E-state index contributed by atoms with van der Waals surface area (Å²) in [6, 6.07) is 3.90. The second-order valence-corrected chi connectivity index (χ2v) is 4.76. The van der Waals surface area contributed by atoms with Gasteiger partial charge in [-0.1, -0.05) is 13.0 Å². The first kappa shape index (κ1) is 12.3. The van der Waals surface area contributed by atoms with Gasteiger partial charge in [0.1, 0.15) is 5.82 Å². The first-order valence-electron chi connectivity index (χ1n) is 6.01. The fourth-order valence-corrected chi connectivity index (χ4v) is 2.22. The van der Waals surface area contributed by atoms with E-state index in [1.807, 2.05) is 18.3 Å². The van der Waals surface area contributed by atoms with Crippen molar-refractivity contribution >= 4 is 5.82 Å². The van der Waals surface area contributed by atoms with Crippen molar-refractivity contribution in [1.29, 1.82) is 0 Å². The van der Waals surface area contributed by atoms with Crippen LogP contribution in [0.2, 0.25) is 0 Å². The number of hydrogen-bond acceptors (Lipinski definition) is 5. The number of anilines is 1. The number of rotatable bonds is 3. The molecule has 1 saturated heterocycles. The number of nitrogens with two attached hydrogens (primary N) is 1. The van der Waals surface area contributed by atoms with Gasteiger partial charge in [-0.15, -0.1) is 0 Å². The van der Waals surface area contributed by atoms with Gasteiger partial charge in [-0.3, -0.25) is 4.90 Å². The molecule has 2 unspecified atom stereocenters. The van der Waals surface area contributed by atoms with Crippen LogP contribution in [-0.2, 0) is 6.54 Å². The van der Waals surface area contributed by atoms with Crippen LogP contribution in [0, 0.1) is 5.92 Å². The van der Waals surface area contributed by atoms with Gasteiger partial charge in [0, 0.05) is 25.8 Å². The molecule has 1 aromatic heterocycles. The summed E-state index contributed by atoms with van der Waals surface area (Å²) in [7, 11) is 0. The number of aliphatic hydroxyl groups excluding tert-OH is 1. The maximum absolute atomic E-state index is 9.67. The molecule has 0 saturated carbocycles. The standard InChI is InChI=1S/C12H20N4O/c1-9-7-16(5-4-11(9)17)8-10-2-3-12(15-13)14-6-10/h2-3,6,9,11,17H,4-5,7-8,13H2,1H3,(H,14,15). The molecule has 1 aliphatic heterocycles. The van der Waals surface area contributed by atoms with Crippen molar-refractivity contribution < 1.29 is 5.11 Å². The highest BCUT2D eigenvalue weighted by Crippen LogP contribution is 2.18. The molecular weight excluding hydrogens is 216 g/mol. The number of piperidine rings is 1. The Morgan fingerprint density at radius 2 is 2.41 bits per heavy atom. The third-order valence-electron chi connectivity index (χ3n) is 3.32. The summed E-state index contributed by atoms with van der Waals surface area (Å²) < 4.78 is 0. The van der Waals surface area contributed by atoms with Crippen molar-refractivity contribution in [3.63, 3.8) is 0 Å². The number of hydrogen-bond donors (Lipinski definition) is 3. The zero-order chi connectivity index (χ0) is 12.3. The second kappa shape index (κ2) is 5.44. The molecule has 1 aliphatic rings. The lowest BCUT2D eigenvalue weighted by molar-refractivity contribution is 0.0320. The Hall–Kier alpha value is -1.17. The Labute approximate surface area is 102 Å². The summed E-state index contributed by atoms with van der Waals surface area (Å²) in [5.41, 5.74) is 3.69. The van der Waals surface area contributed by atoms with E-state index in [1.165, 1.54) is 5.56 Å². The molecule has 0 radical (unpaired) electrons. The third kappa shape index (κ3) is 3.15. The Kier molecular flexibility index (Phi) is 3.93. The maximum Gasteiger partial charge on any atom is 0.139 e. The molecule has 0 aromatic carbocycles. The summed E-state index contributed by atoms with van der Waals surface area (Å²) >= 11 is 0. The molecule has 94 valence electrons. The monoisotopic (exact) mass is 236 g/mol. The van der Waals surface area contributed by atoms with Crippen molar-refractivity contribution in [3.8, 4) is 0 Å². The number of hydrazine groups is 1. The van der Waals surface area contributed by atoms with Crippen LogP contribution in [0.1, 0.15) is 18.9 Å². The normalized spacial score (nSPS) is 25.8. The number of aromatic nitrogens is 1. The minimum absolute atomic E-state index is 0.145. The number of nitrogens with one attached hydrogen (secondary N) is 1. The minimum Gasteiger partial charge on any atom is -0.393 e. The summed E-state index contributed by atoms with van der Waals surface area (Å²) in [6.45, 7) is 4.87. The van der Waals surface area contributed by atoms with E-state index in [9.17, 15) is 5.11 Å². The molecule has 4 N–H and O–H groups in total. The van der Waals surface area contributed by atoms with Crippen molar-refractivity contribution in [2.45, 2.75) is 26.0 Å². The summed E-state index contributed by atoms with van der Waals surface area (Å²) in [4.78, 5) is 6.54. The molecule has 17 heavy (non-hydrogen) atoms. The molecular formula is C12H20N4O. The second-order valence-electron chi connectivity index (χ2n) is 4.76. The predicted molar refractivity (Wildman–Crippen MR) is 67.1 cm³/mol. The maximum atomic E-state index is 9.67. The quantitative estimate of drug-likeness (QED) is 0.528. The molecule has 0 spiro atoms. The van der Waals surface area contributed by atoms with Crippen molar-refractivity contribution in [3.05, 3.63) is 23.9 Å². The van der Waals surface area contributed by atoms with E-state index in [0.717, 1.165) is 26.1 Å². The predicted octanol–water partition coefficient (Wildman–Crippen LogP) is 0.570. The fraction of sp³-hybridized carbons (Fsp3) is 0.583. The van der Waals surface area contributed by atoms with E-state index < -0.39 is 0 Å². The highest BCUT2D eigenvalue weighted by Gasteiger charge is 2.23. The van der Waals surface area contributed by atoms with E-state index in [4.69, 9.17) is 5.84 Å². The zero-order valence-corrected chi connectivity index (χ0v) is 10.1. The topological polar surface area (TPSA) is 74.4 Å². The van der Waals surface area contributed by atoms with Crippen molar-refractivity contribution in [1.82, 2.24) is 9.88 Å². The molecule has 0 aliphatic carbocycles. The molecule has 2 atom stereocenters. The SMILES string of the molecule is CC1CN(Cc2ccc(NN)nc2)CCC1O. The Morgan fingerprint density at radius 1 is 1.59 bits per heavy atom. The average molecular weight is 236 g/mol. The van der Waals surface area contributed by atoms with Crippen LogP contribution >= 0.6 is 0 Å². The molecule has 1 fully saturated rings. The molecule has 2 heterocycles. The van der Waals surface area contributed by atoms with E-state index in [1.54, 1.807) is 0 Å². The lowest BCUT2D eigenvalue weighted by Crippen LogP contribution is -2.41. The van der Waals surface area contributed by atoms with Gasteiger partial charge >= 0.3 is 0 Å². The number of nitrogens with zero attached hydrogens (tertiary/aromatic N) is 2. The van der Waals surface area contributed by atoms with E-state index in [0.29, 0.717) is 11.7 Å². The van der Waals surface area contributed by atoms with Gasteiger partial charge in [-0.05, 0) is 24.0 Å².